The van der Waals surface area contributed by atoms with Crippen LogP contribution in [0.15, 0.2) is 41.5 Å². The topological polar surface area (TPSA) is 37.4 Å². The number of allylic oxidation sites excluding steroid dienone is 4. The summed E-state index contributed by atoms with van der Waals surface area (Å²) < 4.78 is 0. The van der Waals surface area contributed by atoms with Gasteiger partial charge in [-0.15, -0.1) is 0 Å². The van der Waals surface area contributed by atoms with Crippen molar-refractivity contribution in [2.24, 2.45) is 23.7 Å². The highest BCUT2D eigenvalue weighted by molar-refractivity contribution is 6.38. The lowest BCUT2D eigenvalue weighted by atomic mass is 9.85. The van der Waals surface area contributed by atoms with Crippen LogP contribution < -0.4 is 4.90 Å². The molecule has 4 atom stereocenters. The Labute approximate surface area is 144 Å². The third-order valence-corrected chi connectivity index (χ3v) is 5.68. The molecule has 1 saturated heterocycles. The summed E-state index contributed by atoms with van der Waals surface area (Å²) in [6.45, 7) is 4.10. The van der Waals surface area contributed by atoms with Gasteiger partial charge in [0.25, 0.3) is 0 Å². The van der Waals surface area contributed by atoms with Gasteiger partial charge in [0, 0.05) is 16.9 Å². The van der Waals surface area contributed by atoms with Crippen molar-refractivity contribution in [2.75, 3.05) is 4.90 Å². The molecule has 1 saturated carbocycles. The van der Waals surface area contributed by atoms with Gasteiger partial charge in [0.15, 0.2) is 0 Å². The maximum absolute atomic E-state index is 12.9. The van der Waals surface area contributed by atoms with Crippen LogP contribution in [-0.2, 0) is 9.59 Å². The zero-order chi connectivity index (χ0) is 16.5. The van der Waals surface area contributed by atoms with Gasteiger partial charge in [-0.25, -0.2) is 4.90 Å². The number of rotatable bonds is 1. The first-order valence-electron chi connectivity index (χ1n) is 7.60. The molecule has 2 bridgehead atoms. The molecule has 118 valence electrons. The van der Waals surface area contributed by atoms with E-state index in [9.17, 15) is 9.59 Å². The Kier molecular flexibility index (Phi) is 3.23. The SMILES string of the molecule is CC(C)=C1[C@H]2C=C[C@@H]1[C@@H]1C(=O)N(c3ccc(Cl)cc3Cl)C(=O)[C@H]12. The van der Waals surface area contributed by atoms with Gasteiger partial charge in [0.1, 0.15) is 0 Å². The first-order chi connectivity index (χ1) is 10.9. The molecule has 0 aromatic heterocycles. The second-order valence-electron chi connectivity index (χ2n) is 6.55. The number of nitrogens with zero attached hydrogens (tertiary/aromatic N) is 1. The van der Waals surface area contributed by atoms with E-state index in [1.165, 1.54) is 16.0 Å². The zero-order valence-corrected chi connectivity index (χ0v) is 14.2. The van der Waals surface area contributed by atoms with Crippen molar-refractivity contribution in [1.29, 1.82) is 0 Å². The third kappa shape index (κ3) is 1.90. The number of halogens is 2. The normalized spacial score (nSPS) is 31.3. The second kappa shape index (κ2) is 4.96. The lowest BCUT2D eigenvalue weighted by molar-refractivity contribution is -0.122. The standard InChI is InChI=1S/C18H15Cl2NO2/c1-8(2)14-10-4-5-11(14)16-15(10)17(22)21(18(16)23)13-6-3-9(19)7-12(13)20/h3-7,10-11,15-16H,1-2H3/t10-,11+,15-,16-/m0/s1. The Morgan fingerprint density at radius 1 is 1.00 bits per heavy atom. The Morgan fingerprint density at radius 3 is 2.04 bits per heavy atom. The molecule has 0 N–H and O–H groups in total. The fourth-order valence-electron chi connectivity index (χ4n) is 4.33. The minimum Gasteiger partial charge on any atom is -0.274 e. The highest BCUT2D eigenvalue weighted by Crippen LogP contribution is 2.57. The quantitative estimate of drug-likeness (QED) is 0.562. The van der Waals surface area contributed by atoms with Crippen molar-refractivity contribution in [2.45, 2.75) is 13.8 Å². The van der Waals surface area contributed by atoms with E-state index in [2.05, 4.69) is 12.2 Å². The van der Waals surface area contributed by atoms with E-state index in [4.69, 9.17) is 23.2 Å². The van der Waals surface area contributed by atoms with E-state index in [1.54, 1.807) is 18.2 Å². The second-order valence-corrected chi connectivity index (χ2v) is 7.39. The number of anilines is 1. The number of carbonyl (C=O) groups excluding carboxylic acids is 2. The van der Waals surface area contributed by atoms with Crippen LogP contribution in [0.3, 0.4) is 0 Å². The molecule has 3 nitrogen and oxygen atoms in total. The Balaban J connectivity index is 1.79. The average molecular weight is 348 g/mol. The monoisotopic (exact) mass is 347 g/mol. The predicted molar refractivity (Wildman–Crippen MR) is 90.4 cm³/mol. The zero-order valence-electron chi connectivity index (χ0n) is 12.7. The van der Waals surface area contributed by atoms with Crippen LogP contribution in [-0.4, -0.2) is 11.8 Å². The first-order valence-corrected chi connectivity index (χ1v) is 8.36. The predicted octanol–water partition coefficient (Wildman–Crippen LogP) is 4.25. The summed E-state index contributed by atoms with van der Waals surface area (Å²) in [6.07, 6.45) is 4.15. The van der Waals surface area contributed by atoms with Gasteiger partial charge in [0.2, 0.25) is 11.8 Å². The average Bonchev–Trinajstić information content (AvgIpc) is 3.11. The van der Waals surface area contributed by atoms with Crippen molar-refractivity contribution in [3.8, 4) is 0 Å². The lowest BCUT2D eigenvalue weighted by Gasteiger charge is -2.20. The van der Waals surface area contributed by atoms with Gasteiger partial charge in [0.05, 0.1) is 22.5 Å². The number of benzene rings is 1. The van der Waals surface area contributed by atoms with Gasteiger partial charge in [-0.05, 0) is 32.0 Å². The number of amides is 2. The minimum absolute atomic E-state index is 0.0440. The van der Waals surface area contributed by atoms with Crippen molar-refractivity contribution < 1.29 is 9.59 Å². The van der Waals surface area contributed by atoms with Crippen LogP contribution in [0, 0.1) is 23.7 Å². The molecular formula is C18H15Cl2NO2. The Bertz CT molecular complexity index is 773. The smallest absolute Gasteiger partial charge is 0.238 e. The number of hydrogen-bond acceptors (Lipinski definition) is 2. The van der Waals surface area contributed by atoms with Crippen LogP contribution >= 0.6 is 23.2 Å². The van der Waals surface area contributed by atoms with Crippen molar-refractivity contribution in [3.05, 3.63) is 51.5 Å². The Hall–Kier alpha value is -1.58. The van der Waals surface area contributed by atoms with Gasteiger partial charge in [-0.3, -0.25) is 9.59 Å². The van der Waals surface area contributed by atoms with Crippen molar-refractivity contribution in [3.63, 3.8) is 0 Å². The summed E-state index contributed by atoms with van der Waals surface area (Å²) in [5.41, 5.74) is 2.87. The molecule has 1 aromatic rings. The molecule has 23 heavy (non-hydrogen) atoms. The molecule has 1 heterocycles. The number of hydrogen-bond donors (Lipinski definition) is 0. The fourth-order valence-corrected chi connectivity index (χ4v) is 4.82. The van der Waals surface area contributed by atoms with Gasteiger partial charge < -0.3 is 0 Å². The summed E-state index contributed by atoms with van der Waals surface area (Å²) in [4.78, 5) is 27.2. The van der Waals surface area contributed by atoms with E-state index in [0.29, 0.717) is 15.7 Å². The van der Waals surface area contributed by atoms with E-state index in [1.807, 2.05) is 13.8 Å². The number of carbonyl (C=O) groups is 2. The summed E-state index contributed by atoms with van der Waals surface area (Å²) in [6, 6.07) is 4.84. The Morgan fingerprint density at radius 2 is 1.57 bits per heavy atom. The largest absolute Gasteiger partial charge is 0.274 e. The molecule has 0 spiro atoms. The molecule has 4 rings (SSSR count). The molecule has 0 unspecified atom stereocenters. The highest BCUT2D eigenvalue weighted by atomic mass is 35.5. The van der Waals surface area contributed by atoms with Crippen LogP contribution in [0.5, 0.6) is 0 Å². The minimum atomic E-state index is -0.297. The summed E-state index contributed by atoms with van der Waals surface area (Å²) >= 11 is 12.1. The van der Waals surface area contributed by atoms with Crippen molar-refractivity contribution in [1.82, 2.24) is 0 Å². The van der Waals surface area contributed by atoms with E-state index in [-0.39, 0.29) is 35.5 Å². The fraction of sp³-hybridized carbons (Fsp3) is 0.333. The maximum Gasteiger partial charge on any atom is 0.238 e. The summed E-state index contributed by atoms with van der Waals surface area (Å²) in [7, 11) is 0. The lowest BCUT2D eigenvalue weighted by Crippen LogP contribution is -2.33. The highest BCUT2D eigenvalue weighted by Gasteiger charge is 2.62. The number of fused-ring (bicyclic) bond motifs is 5. The molecule has 1 aliphatic heterocycles. The third-order valence-electron chi connectivity index (χ3n) is 5.14. The molecule has 2 fully saturated rings. The van der Waals surface area contributed by atoms with E-state index < -0.39 is 0 Å². The molecule has 5 heteroatoms. The maximum atomic E-state index is 12.9. The molecular weight excluding hydrogens is 333 g/mol. The van der Waals surface area contributed by atoms with Gasteiger partial charge >= 0.3 is 0 Å². The molecule has 1 aromatic carbocycles. The molecule has 2 aliphatic carbocycles. The van der Waals surface area contributed by atoms with Crippen LogP contribution in [0.1, 0.15) is 13.8 Å². The molecule has 3 aliphatic rings. The van der Waals surface area contributed by atoms with E-state index >= 15 is 0 Å². The van der Waals surface area contributed by atoms with Crippen LogP contribution in [0.25, 0.3) is 0 Å². The van der Waals surface area contributed by atoms with E-state index in [0.717, 1.165) is 0 Å². The van der Waals surface area contributed by atoms with Gasteiger partial charge in [-0.2, -0.15) is 0 Å². The summed E-state index contributed by atoms with van der Waals surface area (Å²) in [5.74, 6) is -0.812. The van der Waals surface area contributed by atoms with Crippen molar-refractivity contribution >= 4 is 40.7 Å². The van der Waals surface area contributed by atoms with Crippen LogP contribution in [0.4, 0.5) is 5.69 Å². The van der Waals surface area contributed by atoms with Crippen LogP contribution in [0.2, 0.25) is 10.0 Å². The molecule has 2 amide bonds. The molecule has 0 radical (unpaired) electrons. The first kappa shape index (κ1) is 15.0. The van der Waals surface area contributed by atoms with Gasteiger partial charge in [-0.1, -0.05) is 46.5 Å². The summed E-state index contributed by atoms with van der Waals surface area (Å²) in [5, 5.41) is 0.800. The number of imide groups is 1.